The van der Waals surface area contributed by atoms with Gasteiger partial charge in [-0.3, -0.25) is 4.79 Å². The number of ether oxygens (including phenoxy) is 1. The van der Waals surface area contributed by atoms with Crippen molar-refractivity contribution in [3.63, 3.8) is 0 Å². The third kappa shape index (κ3) is 3.44. The summed E-state index contributed by atoms with van der Waals surface area (Å²) in [5, 5.41) is 3.47. The summed E-state index contributed by atoms with van der Waals surface area (Å²) in [6.07, 6.45) is 2.25. The van der Waals surface area contributed by atoms with E-state index in [1.165, 1.54) is 0 Å². The first-order valence-corrected chi connectivity index (χ1v) is 6.69. The van der Waals surface area contributed by atoms with Crippen LogP contribution in [0.3, 0.4) is 0 Å². The number of halogens is 2. The van der Waals surface area contributed by atoms with Crippen molar-refractivity contribution >= 4 is 33.4 Å². The summed E-state index contributed by atoms with van der Waals surface area (Å²) >= 11 is 9.15. The van der Waals surface area contributed by atoms with E-state index < -0.39 is 0 Å². The van der Waals surface area contributed by atoms with E-state index in [2.05, 4.69) is 21.2 Å². The molecule has 0 saturated carbocycles. The van der Waals surface area contributed by atoms with Crippen molar-refractivity contribution in [1.82, 2.24) is 5.32 Å². The van der Waals surface area contributed by atoms with Crippen molar-refractivity contribution in [3.05, 3.63) is 33.3 Å². The Bertz CT molecular complexity index is 419. The molecule has 3 nitrogen and oxygen atoms in total. The van der Waals surface area contributed by atoms with Crippen molar-refractivity contribution in [2.75, 3.05) is 13.2 Å². The van der Waals surface area contributed by atoms with Gasteiger partial charge in [-0.1, -0.05) is 11.6 Å². The molecule has 0 radical (unpaired) electrons. The molecule has 1 aromatic carbocycles. The van der Waals surface area contributed by atoms with E-state index in [-0.39, 0.29) is 12.0 Å². The van der Waals surface area contributed by atoms with Crippen molar-refractivity contribution < 1.29 is 9.53 Å². The highest BCUT2D eigenvalue weighted by molar-refractivity contribution is 9.10. The van der Waals surface area contributed by atoms with Gasteiger partial charge in [-0.25, -0.2) is 0 Å². The van der Waals surface area contributed by atoms with Crippen LogP contribution in [0.15, 0.2) is 22.7 Å². The molecule has 1 heterocycles. The molecule has 0 bridgehead atoms. The molecule has 0 aliphatic carbocycles. The summed E-state index contributed by atoms with van der Waals surface area (Å²) in [5.74, 6) is -0.107. The molecule has 1 aromatic rings. The molecule has 0 spiro atoms. The summed E-state index contributed by atoms with van der Waals surface area (Å²) in [7, 11) is 0. The van der Waals surface area contributed by atoms with Crippen LogP contribution in [0, 0.1) is 0 Å². The molecule has 2 rings (SSSR count). The Balaban J connectivity index is 1.94. The molecule has 1 aliphatic heterocycles. The molecule has 1 amide bonds. The van der Waals surface area contributed by atoms with Gasteiger partial charge in [-0.15, -0.1) is 0 Å². The second-order valence-corrected chi connectivity index (χ2v) is 5.26. The summed E-state index contributed by atoms with van der Waals surface area (Å²) in [4.78, 5) is 11.9. The normalized spacial score (nSPS) is 19.3. The fourth-order valence-electron chi connectivity index (χ4n) is 1.78. The topological polar surface area (TPSA) is 38.3 Å². The maximum absolute atomic E-state index is 11.9. The summed E-state index contributed by atoms with van der Waals surface area (Å²) in [5.41, 5.74) is 0.590. The number of hydrogen-bond acceptors (Lipinski definition) is 2. The van der Waals surface area contributed by atoms with Gasteiger partial charge in [0.2, 0.25) is 0 Å². The minimum absolute atomic E-state index is 0.107. The first kappa shape index (κ1) is 12.9. The van der Waals surface area contributed by atoms with Crippen LogP contribution in [0.25, 0.3) is 0 Å². The van der Waals surface area contributed by atoms with E-state index in [0.717, 1.165) is 19.4 Å². The van der Waals surface area contributed by atoms with E-state index in [4.69, 9.17) is 16.3 Å². The largest absolute Gasteiger partial charge is 0.376 e. The first-order chi connectivity index (χ1) is 8.16. The Hall–Kier alpha value is -0.580. The number of hydrogen-bond donors (Lipinski definition) is 1. The molecule has 0 aromatic heterocycles. The molecular formula is C12H13BrClNO2. The number of benzene rings is 1. The highest BCUT2D eigenvalue weighted by atomic mass is 79.9. The van der Waals surface area contributed by atoms with E-state index in [1.54, 1.807) is 18.2 Å². The molecular weight excluding hydrogens is 305 g/mol. The minimum Gasteiger partial charge on any atom is -0.376 e. The molecule has 1 saturated heterocycles. The number of nitrogens with one attached hydrogen (secondary N) is 1. The van der Waals surface area contributed by atoms with Gasteiger partial charge in [0.25, 0.3) is 5.91 Å². The number of rotatable bonds is 3. The van der Waals surface area contributed by atoms with Gasteiger partial charge in [-0.2, -0.15) is 0 Å². The lowest BCUT2D eigenvalue weighted by atomic mass is 10.2. The van der Waals surface area contributed by atoms with Crippen molar-refractivity contribution in [2.24, 2.45) is 0 Å². The quantitative estimate of drug-likeness (QED) is 0.930. The van der Waals surface area contributed by atoms with Crippen LogP contribution >= 0.6 is 27.5 Å². The van der Waals surface area contributed by atoms with E-state index in [9.17, 15) is 4.79 Å². The first-order valence-electron chi connectivity index (χ1n) is 5.51. The molecule has 92 valence electrons. The van der Waals surface area contributed by atoms with Crippen LogP contribution in [0.5, 0.6) is 0 Å². The van der Waals surface area contributed by atoms with Gasteiger partial charge >= 0.3 is 0 Å². The SMILES string of the molecule is O=C(NCC1CCCO1)c1ccc(Cl)cc1Br. The lowest BCUT2D eigenvalue weighted by Crippen LogP contribution is -2.31. The van der Waals surface area contributed by atoms with Gasteiger partial charge in [0, 0.05) is 22.6 Å². The third-order valence-electron chi connectivity index (χ3n) is 2.69. The maximum Gasteiger partial charge on any atom is 0.252 e. The second kappa shape index (κ2) is 5.85. The van der Waals surface area contributed by atoms with Crippen LogP contribution in [-0.4, -0.2) is 25.2 Å². The summed E-state index contributed by atoms with van der Waals surface area (Å²) in [6.45, 7) is 1.36. The van der Waals surface area contributed by atoms with Crippen LogP contribution in [0.1, 0.15) is 23.2 Å². The lowest BCUT2D eigenvalue weighted by Gasteiger charge is -2.11. The van der Waals surface area contributed by atoms with E-state index in [1.807, 2.05) is 0 Å². The van der Waals surface area contributed by atoms with Crippen LogP contribution < -0.4 is 5.32 Å². The van der Waals surface area contributed by atoms with Crippen LogP contribution in [-0.2, 0) is 4.74 Å². The average molecular weight is 319 g/mol. The van der Waals surface area contributed by atoms with Gasteiger partial charge in [0.1, 0.15) is 0 Å². The highest BCUT2D eigenvalue weighted by Crippen LogP contribution is 2.21. The van der Waals surface area contributed by atoms with E-state index >= 15 is 0 Å². The minimum atomic E-state index is -0.107. The predicted octanol–water partition coefficient (Wildman–Crippen LogP) is 3.01. The number of carbonyl (C=O) groups excluding carboxylic acids is 1. The van der Waals surface area contributed by atoms with Gasteiger partial charge in [0.05, 0.1) is 11.7 Å². The number of carbonyl (C=O) groups is 1. The smallest absolute Gasteiger partial charge is 0.252 e. The Kier molecular flexibility index (Phi) is 4.42. The Morgan fingerprint density at radius 3 is 3.06 bits per heavy atom. The van der Waals surface area contributed by atoms with Crippen molar-refractivity contribution in [1.29, 1.82) is 0 Å². The molecule has 1 fully saturated rings. The third-order valence-corrected chi connectivity index (χ3v) is 3.58. The molecule has 5 heteroatoms. The lowest BCUT2D eigenvalue weighted by molar-refractivity contribution is 0.0857. The summed E-state index contributed by atoms with van der Waals surface area (Å²) < 4.78 is 6.14. The zero-order chi connectivity index (χ0) is 12.3. The average Bonchev–Trinajstić information content (AvgIpc) is 2.78. The van der Waals surface area contributed by atoms with Crippen molar-refractivity contribution in [2.45, 2.75) is 18.9 Å². The monoisotopic (exact) mass is 317 g/mol. The maximum atomic E-state index is 11.9. The van der Waals surface area contributed by atoms with Crippen molar-refractivity contribution in [3.8, 4) is 0 Å². The molecule has 1 aliphatic rings. The van der Waals surface area contributed by atoms with Gasteiger partial charge in [0.15, 0.2) is 0 Å². The zero-order valence-electron chi connectivity index (χ0n) is 9.21. The van der Waals surface area contributed by atoms with Gasteiger partial charge < -0.3 is 10.1 Å². The highest BCUT2D eigenvalue weighted by Gasteiger charge is 2.17. The summed E-state index contributed by atoms with van der Waals surface area (Å²) in [6, 6.07) is 5.12. The van der Waals surface area contributed by atoms with E-state index in [0.29, 0.717) is 21.6 Å². The Morgan fingerprint density at radius 1 is 1.59 bits per heavy atom. The standard InChI is InChI=1S/C12H13BrClNO2/c13-11-6-8(14)3-4-10(11)12(16)15-7-9-2-1-5-17-9/h3-4,6,9H,1-2,5,7H2,(H,15,16). The Morgan fingerprint density at radius 2 is 2.41 bits per heavy atom. The van der Waals surface area contributed by atoms with Gasteiger partial charge in [-0.05, 0) is 47.0 Å². The Labute approximate surface area is 114 Å². The fraction of sp³-hybridized carbons (Fsp3) is 0.417. The molecule has 1 unspecified atom stereocenters. The second-order valence-electron chi connectivity index (χ2n) is 3.97. The number of amides is 1. The fourth-order valence-corrected chi connectivity index (χ4v) is 2.64. The van der Waals surface area contributed by atoms with Crippen LogP contribution in [0.4, 0.5) is 0 Å². The molecule has 1 atom stereocenters. The molecule has 1 N–H and O–H groups in total. The zero-order valence-corrected chi connectivity index (χ0v) is 11.6. The van der Waals surface area contributed by atoms with Crippen LogP contribution in [0.2, 0.25) is 5.02 Å². The molecule has 17 heavy (non-hydrogen) atoms. The predicted molar refractivity (Wildman–Crippen MR) is 70.5 cm³/mol.